The highest BCUT2D eigenvalue weighted by molar-refractivity contribution is 5.92. The second-order valence-electron chi connectivity index (χ2n) is 5.95. The lowest BCUT2D eigenvalue weighted by Crippen LogP contribution is -2.55. The van der Waals surface area contributed by atoms with Gasteiger partial charge in [0.15, 0.2) is 0 Å². The van der Waals surface area contributed by atoms with Crippen LogP contribution in [0.2, 0.25) is 0 Å². The molecule has 0 aliphatic heterocycles. The minimum absolute atomic E-state index is 0.0205. The number of esters is 1. The highest BCUT2D eigenvalue weighted by Crippen LogP contribution is 2.25. The zero-order valence-electron chi connectivity index (χ0n) is 14.3. The molecule has 1 aliphatic rings. The number of carbonyl (C=O) groups is 3. The van der Waals surface area contributed by atoms with Crippen LogP contribution in [0.25, 0.3) is 0 Å². The molecule has 2 rings (SSSR count). The number of amides is 2. The maximum atomic E-state index is 12.0. The molecule has 0 atom stereocenters. The number of carboxylic acids is 1. The molecule has 1 aliphatic carbocycles. The number of urea groups is 1. The molecule has 8 nitrogen and oxygen atoms in total. The summed E-state index contributed by atoms with van der Waals surface area (Å²) < 4.78 is 4.62. The average Bonchev–Trinajstić information content (AvgIpc) is 2.55. The number of anilines is 1. The largest absolute Gasteiger partial charge is 0.480 e. The van der Waals surface area contributed by atoms with Crippen molar-refractivity contribution in [1.29, 1.82) is 0 Å². The third-order valence-electron chi connectivity index (χ3n) is 4.27. The van der Waals surface area contributed by atoms with E-state index >= 15 is 0 Å². The Morgan fingerprint density at radius 1 is 1.24 bits per heavy atom. The summed E-state index contributed by atoms with van der Waals surface area (Å²) in [5.41, 5.74) is 0.982. The van der Waals surface area contributed by atoms with Crippen LogP contribution in [0.1, 0.15) is 30.1 Å². The third-order valence-corrected chi connectivity index (χ3v) is 4.27. The highest BCUT2D eigenvalue weighted by atomic mass is 16.5. The zero-order chi connectivity index (χ0) is 18.4. The second-order valence-corrected chi connectivity index (χ2v) is 5.95. The van der Waals surface area contributed by atoms with Gasteiger partial charge in [0.05, 0.1) is 19.2 Å². The van der Waals surface area contributed by atoms with Crippen LogP contribution >= 0.6 is 0 Å². The number of rotatable bonds is 7. The summed E-state index contributed by atoms with van der Waals surface area (Å²) in [6.45, 7) is 2.61. The molecule has 2 amide bonds. The first-order valence-corrected chi connectivity index (χ1v) is 8.14. The minimum atomic E-state index is -0.841. The van der Waals surface area contributed by atoms with Crippen LogP contribution in [0, 0.1) is 0 Å². The standard InChI is InChI=1S/C17H23N3O5/c1-3-20(10-15(21)22)14-8-13(9-14)19-17(24)18-12-6-4-11(5-7-12)16(23)25-2/h4-7,13-14H,3,8-10H2,1-2H3,(H,21,22)(H2,18,19,24). The van der Waals surface area contributed by atoms with Gasteiger partial charge in [0.2, 0.25) is 0 Å². The maximum Gasteiger partial charge on any atom is 0.337 e. The first kappa shape index (κ1) is 18.7. The van der Waals surface area contributed by atoms with E-state index in [1.807, 2.05) is 11.8 Å². The van der Waals surface area contributed by atoms with Gasteiger partial charge in [-0.25, -0.2) is 9.59 Å². The van der Waals surface area contributed by atoms with E-state index in [4.69, 9.17) is 5.11 Å². The number of carbonyl (C=O) groups excluding carboxylic acids is 2. The van der Waals surface area contributed by atoms with E-state index in [-0.39, 0.29) is 24.7 Å². The molecule has 0 bridgehead atoms. The second kappa shape index (κ2) is 8.48. The summed E-state index contributed by atoms with van der Waals surface area (Å²) in [4.78, 5) is 36.0. The Morgan fingerprint density at radius 2 is 1.88 bits per heavy atom. The van der Waals surface area contributed by atoms with Crippen molar-refractivity contribution in [2.45, 2.75) is 31.8 Å². The third kappa shape index (κ3) is 5.18. The topological polar surface area (TPSA) is 108 Å². The molecule has 0 aromatic heterocycles. The van der Waals surface area contributed by atoms with Crippen molar-refractivity contribution in [2.75, 3.05) is 25.5 Å². The number of nitrogens with one attached hydrogen (secondary N) is 2. The van der Waals surface area contributed by atoms with Gasteiger partial charge in [-0.3, -0.25) is 9.69 Å². The molecule has 1 fully saturated rings. The summed E-state index contributed by atoms with van der Waals surface area (Å²) in [6.07, 6.45) is 1.46. The van der Waals surface area contributed by atoms with Crippen LogP contribution in [0.3, 0.4) is 0 Å². The monoisotopic (exact) mass is 349 g/mol. The first-order chi connectivity index (χ1) is 11.9. The molecule has 0 spiro atoms. The van der Waals surface area contributed by atoms with Gasteiger partial charge in [-0.1, -0.05) is 6.92 Å². The minimum Gasteiger partial charge on any atom is -0.480 e. The molecule has 1 aromatic carbocycles. The highest BCUT2D eigenvalue weighted by Gasteiger charge is 2.34. The number of carboxylic acid groups (broad SMARTS) is 1. The van der Waals surface area contributed by atoms with E-state index in [1.54, 1.807) is 24.3 Å². The molecule has 136 valence electrons. The van der Waals surface area contributed by atoms with E-state index < -0.39 is 11.9 Å². The zero-order valence-corrected chi connectivity index (χ0v) is 14.3. The fourth-order valence-corrected chi connectivity index (χ4v) is 2.84. The van der Waals surface area contributed by atoms with Crippen LogP contribution in [0.15, 0.2) is 24.3 Å². The van der Waals surface area contributed by atoms with Crippen molar-refractivity contribution >= 4 is 23.7 Å². The van der Waals surface area contributed by atoms with Crippen molar-refractivity contribution < 1.29 is 24.2 Å². The molecular weight excluding hydrogens is 326 g/mol. The smallest absolute Gasteiger partial charge is 0.337 e. The van der Waals surface area contributed by atoms with Crippen molar-refractivity contribution in [3.05, 3.63) is 29.8 Å². The van der Waals surface area contributed by atoms with Gasteiger partial charge >= 0.3 is 18.0 Å². The quantitative estimate of drug-likeness (QED) is 0.644. The van der Waals surface area contributed by atoms with E-state index in [0.29, 0.717) is 17.8 Å². The van der Waals surface area contributed by atoms with Crippen molar-refractivity contribution in [3.8, 4) is 0 Å². The lowest BCUT2D eigenvalue weighted by molar-refractivity contribution is -0.139. The van der Waals surface area contributed by atoms with Crippen LogP contribution in [-0.4, -0.2) is 60.3 Å². The summed E-state index contributed by atoms with van der Waals surface area (Å²) >= 11 is 0. The van der Waals surface area contributed by atoms with Gasteiger partial charge in [-0.05, 0) is 43.7 Å². The fraction of sp³-hybridized carbons (Fsp3) is 0.471. The Labute approximate surface area is 146 Å². The first-order valence-electron chi connectivity index (χ1n) is 8.14. The van der Waals surface area contributed by atoms with E-state index in [9.17, 15) is 14.4 Å². The number of methoxy groups -OCH3 is 1. The van der Waals surface area contributed by atoms with Gasteiger partial charge in [-0.2, -0.15) is 0 Å². The lowest BCUT2D eigenvalue weighted by atomic mass is 9.85. The summed E-state index contributed by atoms with van der Waals surface area (Å²) in [6, 6.07) is 6.29. The van der Waals surface area contributed by atoms with Gasteiger partial charge < -0.3 is 20.5 Å². The molecule has 3 N–H and O–H groups in total. The fourth-order valence-electron chi connectivity index (χ4n) is 2.84. The van der Waals surface area contributed by atoms with Gasteiger partial charge in [0.1, 0.15) is 0 Å². The Kier molecular flexibility index (Phi) is 6.35. The number of likely N-dealkylation sites (N-methyl/N-ethyl adjacent to an activating group) is 1. The summed E-state index contributed by atoms with van der Waals surface area (Å²) in [5, 5.41) is 14.4. The summed E-state index contributed by atoms with van der Waals surface area (Å²) in [7, 11) is 1.31. The Hall–Kier alpha value is -2.61. The molecule has 0 saturated heterocycles. The van der Waals surface area contributed by atoms with Crippen molar-refractivity contribution in [3.63, 3.8) is 0 Å². The Morgan fingerprint density at radius 3 is 2.40 bits per heavy atom. The van der Waals surface area contributed by atoms with Gasteiger partial charge in [0.25, 0.3) is 0 Å². The van der Waals surface area contributed by atoms with E-state index in [1.165, 1.54) is 7.11 Å². The number of benzene rings is 1. The number of hydrogen-bond donors (Lipinski definition) is 3. The van der Waals surface area contributed by atoms with Crippen LogP contribution in [0.4, 0.5) is 10.5 Å². The number of aliphatic carboxylic acids is 1. The van der Waals surface area contributed by atoms with Crippen molar-refractivity contribution in [2.24, 2.45) is 0 Å². The Bertz CT molecular complexity index is 626. The predicted octanol–water partition coefficient (Wildman–Crippen LogP) is 1.53. The molecule has 8 heteroatoms. The Balaban J connectivity index is 1.76. The molecule has 1 aromatic rings. The number of nitrogens with zero attached hydrogens (tertiary/aromatic N) is 1. The van der Waals surface area contributed by atoms with Gasteiger partial charge in [-0.15, -0.1) is 0 Å². The molecule has 25 heavy (non-hydrogen) atoms. The maximum absolute atomic E-state index is 12.0. The predicted molar refractivity (Wildman–Crippen MR) is 91.6 cm³/mol. The van der Waals surface area contributed by atoms with Crippen LogP contribution in [-0.2, 0) is 9.53 Å². The number of hydrogen-bond acceptors (Lipinski definition) is 5. The molecular formula is C17H23N3O5. The van der Waals surface area contributed by atoms with Crippen LogP contribution < -0.4 is 10.6 Å². The van der Waals surface area contributed by atoms with Crippen LogP contribution in [0.5, 0.6) is 0 Å². The number of ether oxygens (including phenoxy) is 1. The SMILES string of the molecule is CCN(CC(=O)O)C1CC(NC(=O)Nc2ccc(C(=O)OC)cc2)C1. The molecule has 0 unspecified atom stereocenters. The molecule has 0 radical (unpaired) electrons. The van der Waals surface area contributed by atoms with Crippen molar-refractivity contribution in [1.82, 2.24) is 10.2 Å². The van der Waals surface area contributed by atoms with E-state index in [2.05, 4.69) is 15.4 Å². The molecule has 0 heterocycles. The lowest BCUT2D eigenvalue weighted by Gasteiger charge is -2.42. The summed E-state index contributed by atoms with van der Waals surface area (Å²) in [5.74, 6) is -1.27. The average molecular weight is 349 g/mol. The van der Waals surface area contributed by atoms with Gasteiger partial charge in [0, 0.05) is 17.8 Å². The normalized spacial score (nSPS) is 19.0. The molecule has 1 saturated carbocycles. The van der Waals surface area contributed by atoms with E-state index in [0.717, 1.165) is 12.8 Å².